The van der Waals surface area contributed by atoms with Crippen molar-refractivity contribution >= 4 is 22.8 Å². The maximum absolute atomic E-state index is 13.1. The molecule has 3 saturated heterocycles. The van der Waals surface area contributed by atoms with Crippen LogP contribution in [0.25, 0.3) is 11.0 Å². The Labute approximate surface area is 187 Å². The van der Waals surface area contributed by atoms with Crippen LogP contribution in [0, 0.1) is 19.3 Å². The second-order valence-electron chi connectivity index (χ2n) is 9.35. The molecule has 3 aromatic heterocycles. The highest BCUT2D eigenvalue weighted by atomic mass is 19.4. The van der Waals surface area contributed by atoms with Crippen molar-refractivity contribution in [2.75, 3.05) is 49.2 Å². The summed E-state index contributed by atoms with van der Waals surface area (Å²) in [5, 5.41) is 5.57. The Bertz CT molecular complexity index is 1230. The highest BCUT2D eigenvalue weighted by Crippen LogP contribution is 2.43. The number of rotatable bonds is 3. The minimum Gasteiger partial charge on any atom is -0.377 e. The van der Waals surface area contributed by atoms with Crippen LogP contribution in [-0.4, -0.2) is 69.1 Å². The summed E-state index contributed by atoms with van der Waals surface area (Å²) in [4.78, 5) is 20.8. The largest absolute Gasteiger partial charge is 0.451 e. The number of nitrogens with zero attached hydrogens (tertiary/aromatic N) is 8. The number of ether oxygens (including phenoxy) is 1. The van der Waals surface area contributed by atoms with E-state index in [1.54, 1.807) is 13.0 Å². The molecule has 3 aliphatic rings. The molecule has 0 radical (unpaired) electrons. The fourth-order valence-electron chi connectivity index (χ4n) is 4.96. The quantitative estimate of drug-likeness (QED) is 0.590. The maximum Gasteiger partial charge on any atom is 0.451 e. The van der Waals surface area contributed by atoms with Crippen LogP contribution in [0.3, 0.4) is 0 Å². The van der Waals surface area contributed by atoms with Crippen molar-refractivity contribution in [3.63, 3.8) is 0 Å². The van der Waals surface area contributed by atoms with Crippen molar-refractivity contribution in [3.05, 3.63) is 29.5 Å². The third kappa shape index (κ3) is 3.38. The lowest BCUT2D eigenvalue weighted by Crippen LogP contribution is -2.58. The zero-order valence-corrected chi connectivity index (χ0v) is 18.3. The molecule has 0 atom stereocenters. The van der Waals surface area contributed by atoms with E-state index >= 15 is 0 Å². The number of halogens is 3. The Morgan fingerprint density at radius 1 is 1.06 bits per heavy atom. The van der Waals surface area contributed by atoms with Gasteiger partial charge in [-0.05, 0) is 20.3 Å². The van der Waals surface area contributed by atoms with E-state index in [9.17, 15) is 13.2 Å². The van der Waals surface area contributed by atoms with Crippen molar-refractivity contribution in [1.82, 2.24) is 29.7 Å². The Morgan fingerprint density at radius 3 is 2.52 bits per heavy atom. The Kier molecular flexibility index (Phi) is 4.36. The van der Waals surface area contributed by atoms with Gasteiger partial charge in [-0.25, -0.2) is 19.6 Å². The first kappa shape index (κ1) is 20.6. The zero-order chi connectivity index (χ0) is 23.0. The lowest BCUT2D eigenvalue weighted by molar-refractivity contribution is -0.145. The van der Waals surface area contributed by atoms with Gasteiger partial charge >= 0.3 is 6.18 Å². The molecule has 0 saturated carbocycles. The van der Waals surface area contributed by atoms with Gasteiger partial charge in [0.1, 0.15) is 11.9 Å². The number of hydrogen-bond donors (Lipinski definition) is 0. The molecule has 6 heterocycles. The lowest BCUT2D eigenvalue weighted by Gasteiger charge is -2.48. The van der Waals surface area contributed by atoms with E-state index in [0.29, 0.717) is 43.8 Å². The molecular weight excluding hydrogens is 437 g/mol. The van der Waals surface area contributed by atoms with Crippen LogP contribution in [0.4, 0.5) is 24.9 Å². The molecule has 3 fully saturated rings. The number of hydrogen-bond acceptors (Lipinski definition) is 8. The molecule has 12 heteroatoms. The van der Waals surface area contributed by atoms with E-state index in [0.717, 1.165) is 36.2 Å². The van der Waals surface area contributed by atoms with Gasteiger partial charge in [0.05, 0.1) is 24.3 Å². The second kappa shape index (κ2) is 6.99. The molecule has 9 nitrogen and oxygen atoms in total. The summed E-state index contributed by atoms with van der Waals surface area (Å²) in [5.74, 6) is -0.0907. The molecule has 6 rings (SSSR count). The minimum absolute atomic E-state index is 0.00641. The fraction of sp³-hybridized carbons (Fsp3) is 0.571. The molecule has 174 valence electrons. The van der Waals surface area contributed by atoms with Crippen molar-refractivity contribution in [1.29, 1.82) is 0 Å². The molecule has 3 aliphatic heterocycles. The highest BCUT2D eigenvalue weighted by molar-refractivity contribution is 5.78. The third-order valence-electron chi connectivity index (χ3n) is 6.78. The van der Waals surface area contributed by atoms with Crippen LogP contribution in [0.5, 0.6) is 0 Å². The summed E-state index contributed by atoms with van der Waals surface area (Å²) >= 11 is 0. The smallest absolute Gasteiger partial charge is 0.377 e. The SMILES string of the molecule is Cc1cc(N2CC3(CCN(c4ncc5c(C)nn(C6COC6)c5n4)C3)C2)nc(C(F)(F)F)n1. The van der Waals surface area contributed by atoms with Crippen LogP contribution in [0.15, 0.2) is 12.3 Å². The van der Waals surface area contributed by atoms with Crippen molar-refractivity contribution in [2.45, 2.75) is 32.5 Å². The van der Waals surface area contributed by atoms with Gasteiger partial charge in [0, 0.05) is 49.6 Å². The number of aryl methyl sites for hydroxylation is 2. The summed E-state index contributed by atoms with van der Waals surface area (Å²) < 4.78 is 46.6. The summed E-state index contributed by atoms with van der Waals surface area (Å²) in [5.41, 5.74) is 2.02. The topological polar surface area (TPSA) is 85.1 Å². The van der Waals surface area contributed by atoms with Gasteiger partial charge < -0.3 is 14.5 Å². The maximum atomic E-state index is 13.1. The molecule has 1 spiro atoms. The van der Waals surface area contributed by atoms with Crippen LogP contribution in [0.2, 0.25) is 0 Å². The van der Waals surface area contributed by atoms with E-state index in [2.05, 4.69) is 25.0 Å². The van der Waals surface area contributed by atoms with E-state index < -0.39 is 12.0 Å². The monoisotopic (exact) mass is 460 g/mol. The van der Waals surface area contributed by atoms with Crippen LogP contribution in [0.1, 0.15) is 29.7 Å². The molecule has 33 heavy (non-hydrogen) atoms. The van der Waals surface area contributed by atoms with Gasteiger partial charge in [-0.15, -0.1) is 0 Å². The van der Waals surface area contributed by atoms with E-state index in [-0.39, 0.29) is 11.5 Å². The molecule has 0 unspecified atom stereocenters. The summed E-state index contributed by atoms with van der Waals surface area (Å²) in [6.07, 6.45) is -1.80. The van der Waals surface area contributed by atoms with E-state index in [1.807, 2.05) is 22.7 Å². The van der Waals surface area contributed by atoms with Gasteiger partial charge in [-0.3, -0.25) is 0 Å². The second-order valence-corrected chi connectivity index (χ2v) is 9.35. The summed E-state index contributed by atoms with van der Waals surface area (Å²) in [6, 6.07) is 1.81. The van der Waals surface area contributed by atoms with Crippen LogP contribution < -0.4 is 9.80 Å². The molecule has 0 aliphatic carbocycles. The molecule has 0 amide bonds. The zero-order valence-electron chi connectivity index (χ0n) is 18.3. The number of anilines is 2. The first-order valence-corrected chi connectivity index (χ1v) is 10.9. The van der Waals surface area contributed by atoms with Crippen molar-refractivity contribution in [2.24, 2.45) is 5.41 Å². The first-order chi connectivity index (χ1) is 15.7. The first-order valence-electron chi connectivity index (χ1n) is 10.9. The van der Waals surface area contributed by atoms with Crippen LogP contribution >= 0.6 is 0 Å². The fourth-order valence-corrected chi connectivity index (χ4v) is 4.96. The average molecular weight is 460 g/mol. The normalized spacial score (nSPS) is 20.5. The van der Waals surface area contributed by atoms with Gasteiger partial charge in [-0.2, -0.15) is 23.3 Å². The van der Waals surface area contributed by atoms with Gasteiger partial charge in [0.25, 0.3) is 0 Å². The summed E-state index contributed by atoms with van der Waals surface area (Å²) in [7, 11) is 0. The number of alkyl halides is 3. The lowest BCUT2D eigenvalue weighted by atomic mass is 9.79. The average Bonchev–Trinajstić information content (AvgIpc) is 3.27. The number of aromatic nitrogens is 6. The Hall–Kier alpha value is -3.02. The van der Waals surface area contributed by atoms with Gasteiger partial charge in [0.2, 0.25) is 11.8 Å². The predicted octanol–water partition coefficient (Wildman–Crippen LogP) is 2.54. The standard InChI is InChI=1S/C21H23F3N8O/c1-12-5-16(27-18(26-12)21(22,23)24)31-10-20(11-31)3-4-30(9-20)19-25-6-15-13(2)29-32(17(15)28-19)14-7-33-8-14/h5-6,14H,3-4,7-11H2,1-2H3. The van der Waals surface area contributed by atoms with Gasteiger partial charge in [-0.1, -0.05) is 0 Å². The van der Waals surface area contributed by atoms with Crippen LogP contribution in [-0.2, 0) is 10.9 Å². The van der Waals surface area contributed by atoms with Gasteiger partial charge in [0.15, 0.2) is 5.65 Å². The van der Waals surface area contributed by atoms with E-state index in [1.165, 1.54) is 0 Å². The number of fused-ring (bicyclic) bond motifs is 1. The highest BCUT2D eigenvalue weighted by Gasteiger charge is 2.49. The molecular formula is C21H23F3N8O. The molecule has 0 aromatic carbocycles. The molecule has 0 bridgehead atoms. The Balaban J connectivity index is 1.20. The van der Waals surface area contributed by atoms with E-state index in [4.69, 9.17) is 9.72 Å². The third-order valence-corrected chi connectivity index (χ3v) is 6.78. The predicted molar refractivity (Wildman–Crippen MR) is 113 cm³/mol. The minimum atomic E-state index is -4.56. The van der Waals surface area contributed by atoms with Crippen molar-refractivity contribution in [3.8, 4) is 0 Å². The van der Waals surface area contributed by atoms with Crippen molar-refractivity contribution < 1.29 is 17.9 Å². The summed E-state index contributed by atoms with van der Waals surface area (Å²) in [6.45, 7) is 7.64. The molecule has 3 aromatic rings. The Morgan fingerprint density at radius 2 is 1.82 bits per heavy atom. The molecule has 0 N–H and O–H groups in total.